The SMILES string of the molecule is CC(C)CCOCCC(CN)CO. The molecule has 1 atom stereocenters. The van der Waals surface area contributed by atoms with Crippen LogP contribution in [0.2, 0.25) is 0 Å². The summed E-state index contributed by atoms with van der Waals surface area (Å²) in [5.74, 6) is 0.905. The van der Waals surface area contributed by atoms with Gasteiger partial charge in [-0.2, -0.15) is 0 Å². The molecular formula is C10H23NO2. The van der Waals surface area contributed by atoms with Crippen LogP contribution in [0.4, 0.5) is 0 Å². The quantitative estimate of drug-likeness (QED) is 0.560. The smallest absolute Gasteiger partial charge is 0.0472 e. The summed E-state index contributed by atoms with van der Waals surface area (Å²) in [6.07, 6.45) is 1.97. The van der Waals surface area contributed by atoms with Crippen molar-refractivity contribution in [2.24, 2.45) is 17.6 Å². The van der Waals surface area contributed by atoms with Crippen molar-refractivity contribution in [3.8, 4) is 0 Å². The Morgan fingerprint density at radius 3 is 2.31 bits per heavy atom. The summed E-state index contributed by atoms with van der Waals surface area (Å²) < 4.78 is 5.41. The summed E-state index contributed by atoms with van der Waals surface area (Å²) in [6, 6.07) is 0. The number of aliphatic hydroxyl groups is 1. The highest BCUT2D eigenvalue weighted by Crippen LogP contribution is 2.02. The maximum Gasteiger partial charge on any atom is 0.0472 e. The molecule has 0 aromatic heterocycles. The van der Waals surface area contributed by atoms with E-state index in [4.69, 9.17) is 15.6 Å². The summed E-state index contributed by atoms with van der Waals surface area (Å²) in [5.41, 5.74) is 5.43. The number of aliphatic hydroxyl groups excluding tert-OH is 1. The minimum Gasteiger partial charge on any atom is -0.396 e. The van der Waals surface area contributed by atoms with E-state index in [-0.39, 0.29) is 12.5 Å². The Morgan fingerprint density at radius 2 is 1.85 bits per heavy atom. The summed E-state index contributed by atoms with van der Waals surface area (Å²) in [4.78, 5) is 0. The number of hydrogen-bond acceptors (Lipinski definition) is 3. The van der Waals surface area contributed by atoms with E-state index in [1.807, 2.05) is 0 Å². The van der Waals surface area contributed by atoms with Crippen molar-refractivity contribution in [1.29, 1.82) is 0 Å². The van der Waals surface area contributed by atoms with Gasteiger partial charge in [-0.15, -0.1) is 0 Å². The molecule has 0 heterocycles. The number of nitrogens with two attached hydrogens (primary N) is 1. The summed E-state index contributed by atoms with van der Waals surface area (Å²) >= 11 is 0. The molecule has 0 aliphatic heterocycles. The Morgan fingerprint density at radius 1 is 1.23 bits per heavy atom. The predicted octanol–water partition coefficient (Wildman–Crippen LogP) is 1.01. The van der Waals surface area contributed by atoms with Crippen molar-refractivity contribution in [1.82, 2.24) is 0 Å². The lowest BCUT2D eigenvalue weighted by Crippen LogP contribution is -2.20. The fourth-order valence-corrected chi connectivity index (χ4v) is 0.955. The van der Waals surface area contributed by atoms with Gasteiger partial charge < -0.3 is 15.6 Å². The van der Waals surface area contributed by atoms with E-state index in [0.29, 0.717) is 12.5 Å². The molecule has 0 radical (unpaired) electrons. The van der Waals surface area contributed by atoms with Gasteiger partial charge in [0.1, 0.15) is 0 Å². The first-order chi connectivity index (χ1) is 6.20. The van der Waals surface area contributed by atoms with Crippen molar-refractivity contribution in [2.75, 3.05) is 26.4 Å². The van der Waals surface area contributed by atoms with Crippen LogP contribution in [0.15, 0.2) is 0 Å². The van der Waals surface area contributed by atoms with Crippen LogP contribution in [-0.4, -0.2) is 31.5 Å². The molecule has 0 saturated heterocycles. The highest BCUT2D eigenvalue weighted by atomic mass is 16.5. The number of hydrogen-bond donors (Lipinski definition) is 2. The topological polar surface area (TPSA) is 55.5 Å². The Bertz CT molecular complexity index is 103. The van der Waals surface area contributed by atoms with E-state index in [0.717, 1.165) is 26.1 Å². The third kappa shape index (κ3) is 8.22. The van der Waals surface area contributed by atoms with Gasteiger partial charge in [0.2, 0.25) is 0 Å². The van der Waals surface area contributed by atoms with Crippen molar-refractivity contribution in [3.63, 3.8) is 0 Å². The largest absolute Gasteiger partial charge is 0.396 e. The molecule has 0 aromatic carbocycles. The molecule has 0 spiro atoms. The molecule has 0 rings (SSSR count). The second-order valence-electron chi connectivity index (χ2n) is 3.87. The lowest BCUT2D eigenvalue weighted by molar-refractivity contribution is 0.1000. The normalized spacial score (nSPS) is 13.6. The van der Waals surface area contributed by atoms with E-state index >= 15 is 0 Å². The van der Waals surface area contributed by atoms with Gasteiger partial charge in [-0.05, 0) is 31.2 Å². The lowest BCUT2D eigenvalue weighted by Gasteiger charge is -2.11. The van der Waals surface area contributed by atoms with Gasteiger partial charge in [0, 0.05) is 19.8 Å². The van der Waals surface area contributed by atoms with Gasteiger partial charge in [-0.3, -0.25) is 0 Å². The summed E-state index contributed by atoms with van der Waals surface area (Å²) in [5, 5.41) is 8.84. The number of rotatable bonds is 8. The van der Waals surface area contributed by atoms with E-state index in [9.17, 15) is 0 Å². The molecule has 0 aliphatic rings. The van der Waals surface area contributed by atoms with Crippen molar-refractivity contribution in [2.45, 2.75) is 26.7 Å². The van der Waals surface area contributed by atoms with E-state index in [1.54, 1.807) is 0 Å². The van der Waals surface area contributed by atoms with E-state index < -0.39 is 0 Å². The second kappa shape index (κ2) is 8.48. The molecule has 13 heavy (non-hydrogen) atoms. The average Bonchev–Trinajstić information content (AvgIpc) is 2.11. The van der Waals surface area contributed by atoms with Crippen LogP contribution >= 0.6 is 0 Å². The Kier molecular flexibility index (Phi) is 8.40. The van der Waals surface area contributed by atoms with Crippen LogP contribution in [0.5, 0.6) is 0 Å². The zero-order chi connectivity index (χ0) is 10.1. The van der Waals surface area contributed by atoms with Crippen molar-refractivity contribution < 1.29 is 9.84 Å². The van der Waals surface area contributed by atoms with Crippen molar-refractivity contribution in [3.05, 3.63) is 0 Å². The van der Waals surface area contributed by atoms with Crippen LogP contribution in [0, 0.1) is 11.8 Å². The molecule has 1 unspecified atom stereocenters. The molecule has 0 fully saturated rings. The highest BCUT2D eigenvalue weighted by molar-refractivity contribution is 4.56. The van der Waals surface area contributed by atoms with Gasteiger partial charge in [-0.1, -0.05) is 13.8 Å². The first kappa shape index (κ1) is 12.9. The van der Waals surface area contributed by atoms with Crippen LogP contribution < -0.4 is 5.73 Å². The first-order valence-corrected chi connectivity index (χ1v) is 5.09. The number of ether oxygens (including phenoxy) is 1. The van der Waals surface area contributed by atoms with Gasteiger partial charge in [0.05, 0.1) is 0 Å². The second-order valence-corrected chi connectivity index (χ2v) is 3.87. The average molecular weight is 189 g/mol. The Labute approximate surface area is 81.3 Å². The maximum absolute atomic E-state index is 8.84. The molecule has 0 saturated carbocycles. The Hall–Kier alpha value is -0.120. The summed E-state index contributed by atoms with van der Waals surface area (Å²) in [7, 11) is 0. The molecule has 3 N–H and O–H groups in total. The lowest BCUT2D eigenvalue weighted by atomic mass is 10.1. The molecule has 80 valence electrons. The standard InChI is InChI=1S/C10H23NO2/c1-9(2)3-5-13-6-4-10(7-11)8-12/h9-10,12H,3-8,11H2,1-2H3. The molecular weight excluding hydrogens is 166 g/mol. The zero-order valence-corrected chi connectivity index (χ0v) is 8.83. The third-order valence-corrected chi connectivity index (χ3v) is 2.10. The van der Waals surface area contributed by atoms with Gasteiger partial charge in [-0.25, -0.2) is 0 Å². The molecule has 3 heteroatoms. The van der Waals surface area contributed by atoms with Gasteiger partial charge in [0.25, 0.3) is 0 Å². The third-order valence-electron chi connectivity index (χ3n) is 2.10. The zero-order valence-electron chi connectivity index (χ0n) is 8.83. The first-order valence-electron chi connectivity index (χ1n) is 5.09. The van der Waals surface area contributed by atoms with Crippen LogP contribution in [0.1, 0.15) is 26.7 Å². The van der Waals surface area contributed by atoms with E-state index in [2.05, 4.69) is 13.8 Å². The molecule has 0 aromatic rings. The fraction of sp³-hybridized carbons (Fsp3) is 1.00. The maximum atomic E-state index is 8.84. The van der Waals surface area contributed by atoms with Gasteiger partial charge in [0.15, 0.2) is 0 Å². The molecule has 0 amide bonds. The van der Waals surface area contributed by atoms with Crippen LogP contribution in [-0.2, 0) is 4.74 Å². The molecule has 0 aliphatic carbocycles. The van der Waals surface area contributed by atoms with E-state index in [1.165, 1.54) is 0 Å². The Balaban J connectivity index is 3.14. The summed E-state index contributed by atoms with van der Waals surface area (Å²) in [6.45, 7) is 6.61. The molecule has 0 bridgehead atoms. The fourth-order valence-electron chi connectivity index (χ4n) is 0.955. The van der Waals surface area contributed by atoms with Crippen LogP contribution in [0.3, 0.4) is 0 Å². The minimum absolute atomic E-state index is 0.171. The highest BCUT2D eigenvalue weighted by Gasteiger charge is 2.04. The minimum atomic E-state index is 0.171. The molecule has 3 nitrogen and oxygen atoms in total. The van der Waals surface area contributed by atoms with Crippen LogP contribution in [0.25, 0.3) is 0 Å². The van der Waals surface area contributed by atoms with Crippen molar-refractivity contribution >= 4 is 0 Å². The monoisotopic (exact) mass is 189 g/mol. The van der Waals surface area contributed by atoms with Gasteiger partial charge >= 0.3 is 0 Å². The predicted molar refractivity (Wildman–Crippen MR) is 54.5 cm³/mol.